The van der Waals surface area contributed by atoms with Crippen molar-refractivity contribution >= 4 is 26.9 Å². The lowest BCUT2D eigenvalue weighted by molar-refractivity contribution is 0.322. The van der Waals surface area contributed by atoms with Crippen LogP contribution in [0.5, 0.6) is 0 Å². The number of rotatable bonds is 3. The van der Waals surface area contributed by atoms with Gasteiger partial charge in [-0.1, -0.05) is 0 Å². The Bertz CT molecular complexity index is 331. The molecule has 1 rings (SSSR count). The van der Waals surface area contributed by atoms with Gasteiger partial charge in [-0.2, -0.15) is 0 Å². The Hall–Kier alpha value is -0.460. The highest BCUT2D eigenvalue weighted by Crippen LogP contribution is 2.09. The smallest absolute Gasteiger partial charge is 0.257 e. The quantitative estimate of drug-likeness (QED) is 0.811. The first-order valence-electron chi connectivity index (χ1n) is 3.05. The van der Waals surface area contributed by atoms with Crippen LogP contribution in [0.1, 0.15) is 5.56 Å². The molecule has 0 aromatic carbocycles. The second-order valence-corrected chi connectivity index (χ2v) is 3.63. The van der Waals surface area contributed by atoms with Crippen molar-refractivity contribution < 1.29 is 12.6 Å². The summed E-state index contributed by atoms with van der Waals surface area (Å²) in [6, 6.07) is 1.74. The summed E-state index contributed by atoms with van der Waals surface area (Å²) in [5.41, 5.74) is 0.712. The van der Waals surface area contributed by atoms with E-state index in [2.05, 4.69) is 25.1 Å². The molecule has 0 fully saturated rings. The monoisotopic (exact) mass is 251 g/mol. The van der Waals surface area contributed by atoms with Crippen LogP contribution >= 0.6 is 15.9 Å². The van der Waals surface area contributed by atoms with Gasteiger partial charge in [0.2, 0.25) is 0 Å². The summed E-state index contributed by atoms with van der Waals surface area (Å²) < 4.78 is 25.3. The third-order valence-corrected chi connectivity index (χ3v) is 1.87. The van der Waals surface area contributed by atoms with Gasteiger partial charge in [0, 0.05) is 16.9 Å². The zero-order valence-electron chi connectivity index (χ0n) is 5.94. The fraction of sp³-hybridized carbons (Fsp3) is 0.167. The molecule has 0 aliphatic heterocycles. The molecule has 4 nitrogen and oxygen atoms in total. The number of hydrogen-bond donors (Lipinski definition) is 1. The van der Waals surface area contributed by atoms with E-state index in [1.807, 2.05) is 0 Å². The van der Waals surface area contributed by atoms with E-state index in [0.29, 0.717) is 5.56 Å². The number of hydrogen-bond acceptors (Lipinski definition) is 4. The van der Waals surface area contributed by atoms with Crippen molar-refractivity contribution in [3.05, 3.63) is 28.5 Å². The largest absolute Gasteiger partial charge is 0.267 e. The molecular formula is C6H6BrNO3S. The first-order valence-corrected chi connectivity index (χ1v) is 4.94. The second-order valence-electron chi connectivity index (χ2n) is 2.01. The minimum absolute atomic E-state index is 0.0329. The summed E-state index contributed by atoms with van der Waals surface area (Å²) in [5, 5.41) is 0. The zero-order valence-corrected chi connectivity index (χ0v) is 8.42. The fourth-order valence-corrected chi connectivity index (χ4v) is 1.33. The predicted molar refractivity (Wildman–Crippen MR) is 47.0 cm³/mol. The van der Waals surface area contributed by atoms with Crippen molar-refractivity contribution in [3.8, 4) is 0 Å². The maximum atomic E-state index is 10.0. The van der Waals surface area contributed by atoms with Crippen LogP contribution in [-0.4, -0.2) is 13.4 Å². The summed E-state index contributed by atoms with van der Waals surface area (Å²) in [6.45, 7) is 0.0329. The average Bonchev–Trinajstić information content (AvgIpc) is 2.01. The predicted octanol–water partition coefficient (Wildman–Crippen LogP) is 0.887. The molecule has 0 bridgehead atoms. The van der Waals surface area contributed by atoms with Crippen molar-refractivity contribution in [1.29, 1.82) is 0 Å². The van der Waals surface area contributed by atoms with Crippen LogP contribution in [0.2, 0.25) is 0 Å². The molecule has 0 aliphatic rings. The Morgan fingerprint density at radius 3 is 2.83 bits per heavy atom. The van der Waals surface area contributed by atoms with Crippen molar-refractivity contribution in [2.75, 3.05) is 0 Å². The van der Waals surface area contributed by atoms with Crippen LogP contribution in [-0.2, 0) is 21.8 Å². The molecule has 0 radical (unpaired) electrons. The Morgan fingerprint density at radius 1 is 1.50 bits per heavy atom. The molecule has 0 atom stereocenters. The van der Waals surface area contributed by atoms with Crippen molar-refractivity contribution in [1.82, 2.24) is 4.98 Å². The molecule has 1 aromatic heterocycles. The molecule has 12 heavy (non-hydrogen) atoms. The van der Waals surface area contributed by atoms with Crippen LogP contribution in [0, 0.1) is 0 Å². The molecule has 0 N–H and O–H groups in total. The first-order chi connectivity index (χ1) is 5.68. The second kappa shape index (κ2) is 4.54. The van der Waals surface area contributed by atoms with E-state index in [4.69, 9.17) is 0 Å². The van der Waals surface area contributed by atoms with Crippen LogP contribution < -0.4 is 0 Å². The minimum Gasteiger partial charge on any atom is -0.267 e. The SMILES string of the molecule is O=[SH](=O)OCc1cncc(Br)c1. The Balaban J connectivity index is 2.63. The number of pyridine rings is 1. The lowest BCUT2D eigenvalue weighted by Crippen LogP contribution is -1.91. The normalized spacial score (nSPS) is 10.5. The number of halogens is 1. The van der Waals surface area contributed by atoms with Gasteiger partial charge in [0.15, 0.2) is 0 Å². The fourth-order valence-electron chi connectivity index (χ4n) is 0.662. The lowest BCUT2D eigenvalue weighted by atomic mass is 10.3. The van der Waals surface area contributed by atoms with Crippen molar-refractivity contribution in [2.24, 2.45) is 0 Å². The Labute approximate surface area is 79.9 Å². The van der Waals surface area contributed by atoms with Gasteiger partial charge in [0.1, 0.15) is 0 Å². The summed E-state index contributed by atoms with van der Waals surface area (Å²) >= 11 is 3.20. The van der Waals surface area contributed by atoms with Crippen molar-refractivity contribution in [2.45, 2.75) is 6.61 Å². The van der Waals surface area contributed by atoms with Crippen LogP contribution in [0.4, 0.5) is 0 Å². The highest BCUT2D eigenvalue weighted by Gasteiger charge is 1.94. The van der Waals surface area contributed by atoms with E-state index in [0.717, 1.165) is 4.47 Å². The molecule has 0 saturated heterocycles. The lowest BCUT2D eigenvalue weighted by Gasteiger charge is -1.96. The molecule has 0 saturated carbocycles. The zero-order chi connectivity index (χ0) is 8.97. The van der Waals surface area contributed by atoms with Gasteiger partial charge >= 0.3 is 0 Å². The standard InChI is InChI=1S/C6H6BrNO3S/c7-6-1-5(2-8-3-6)4-11-12(9)10/h1-3,12H,4H2. The van der Waals surface area contributed by atoms with E-state index in [1.165, 1.54) is 0 Å². The summed E-state index contributed by atoms with van der Waals surface area (Å²) in [7, 11) is -2.78. The van der Waals surface area contributed by atoms with E-state index in [1.54, 1.807) is 18.5 Å². The van der Waals surface area contributed by atoms with E-state index >= 15 is 0 Å². The summed E-state index contributed by atoms with van der Waals surface area (Å²) in [5.74, 6) is 0. The third kappa shape index (κ3) is 3.29. The van der Waals surface area contributed by atoms with Gasteiger partial charge in [-0.05, 0) is 27.6 Å². The first kappa shape index (κ1) is 9.63. The Morgan fingerprint density at radius 2 is 2.25 bits per heavy atom. The topological polar surface area (TPSA) is 56.3 Å². The summed E-state index contributed by atoms with van der Waals surface area (Å²) in [4.78, 5) is 3.84. The Kier molecular flexibility index (Phi) is 3.64. The maximum absolute atomic E-state index is 10.0. The molecule has 1 aromatic rings. The van der Waals surface area contributed by atoms with Gasteiger partial charge in [0.25, 0.3) is 11.0 Å². The highest BCUT2D eigenvalue weighted by atomic mass is 79.9. The van der Waals surface area contributed by atoms with E-state index in [-0.39, 0.29) is 6.61 Å². The van der Waals surface area contributed by atoms with E-state index < -0.39 is 11.0 Å². The molecule has 66 valence electrons. The van der Waals surface area contributed by atoms with Gasteiger partial charge in [-0.15, -0.1) is 0 Å². The number of nitrogens with zero attached hydrogens (tertiary/aromatic N) is 1. The van der Waals surface area contributed by atoms with E-state index in [9.17, 15) is 8.42 Å². The summed E-state index contributed by atoms with van der Waals surface area (Å²) in [6.07, 6.45) is 3.16. The maximum Gasteiger partial charge on any atom is 0.257 e. The molecule has 6 heteroatoms. The minimum atomic E-state index is -2.78. The van der Waals surface area contributed by atoms with Crippen LogP contribution in [0.25, 0.3) is 0 Å². The number of thiol groups is 1. The van der Waals surface area contributed by atoms with Crippen molar-refractivity contribution in [3.63, 3.8) is 0 Å². The van der Waals surface area contributed by atoms with Gasteiger partial charge in [0.05, 0.1) is 6.61 Å². The molecular weight excluding hydrogens is 246 g/mol. The average molecular weight is 252 g/mol. The molecule has 1 heterocycles. The van der Waals surface area contributed by atoms with Crippen LogP contribution in [0.3, 0.4) is 0 Å². The molecule has 0 amide bonds. The highest BCUT2D eigenvalue weighted by molar-refractivity contribution is 9.10. The molecule has 0 aliphatic carbocycles. The molecule has 0 spiro atoms. The number of aromatic nitrogens is 1. The van der Waals surface area contributed by atoms with Crippen LogP contribution in [0.15, 0.2) is 22.9 Å². The third-order valence-electron chi connectivity index (χ3n) is 1.10. The molecule has 0 unspecified atom stereocenters. The van der Waals surface area contributed by atoms with Gasteiger partial charge in [-0.25, -0.2) is 8.42 Å². The van der Waals surface area contributed by atoms with Gasteiger partial charge < -0.3 is 0 Å². The van der Waals surface area contributed by atoms with Gasteiger partial charge in [-0.3, -0.25) is 9.17 Å².